The van der Waals surface area contributed by atoms with E-state index in [9.17, 15) is 10.2 Å². The smallest absolute Gasteiger partial charge is 0.132 e. The molecule has 1 fully saturated rings. The van der Waals surface area contributed by atoms with Crippen LogP contribution in [0.1, 0.15) is 54.9 Å². The molecule has 5 rings (SSSR count). The topological polar surface area (TPSA) is 40.5 Å². The monoisotopic (exact) mass is 446 g/mol. The average molecular weight is 447 g/mol. The molecule has 0 bridgehead atoms. The van der Waals surface area contributed by atoms with Crippen molar-refractivity contribution in [3.63, 3.8) is 0 Å². The zero-order chi connectivity index (χ0) is 23.2. The van der Waals surface area contributed by atoms with Gasteiger partial charge in [0.05, 0.1) is 5.56 Å². The number of hydrogen-bond donors (Lipinski definition) is 2. The molecule has 1 unspecified atom stereocenters. The summed E-state index contributed by atoms with van der Waals surface area (Å²) in [7, 11) is 0. The number of aromatic hydroxyl groups is 1. The van der Waals surface area contributed by atoms with Crippen LogP contribution < -0.4 is 0 Å². The third-order valence-electron chi connectivity index (χ3n) is 7.90. The number of rotatable bonds is 3. The molecule has 2 aliphatic carbocycles. The molecule has 1 saturated carbocycles. The molecule has 0 aromatic heterocycles. The predicted octanol–water partition coefficient (Wildman–Crippen LogP) is 6.65. The molecule has 0 spiro atoms. The summed E-state index contributed by atoms with van der Waals surface area (Å²) in [6.07, 6.45) is 5.03. The van der Waals surface area contributed by atoms with Crippen LogP contribution in [-0.4, -0.2) is 10.2 Å². The SMILES string of the molecule is CC[C@@]12CC(=Cc3ccccc3)[C@](O)(c3c(F)cccc3F)CC1CCc1cc(O)ccc12. The summed E-state index contributed by atoms with van der Waals surface area (Å²) in [6, 6.07) is 18.9. The molecule has 0 amide bonds. The highest BCUT2D eigenvalue weighted by atomic mass is 19.1. The maximum atomic E-state index is 15.0. The molecular formula is C29H28F2O2. The molecule has 3 atom stereocenters. The van der Waals surface area contributed by atoms with Crippen molar-refractivity contribution >= 4 is 6.08 Å². The maximum Gasteiger partial charge on any atom is 0.132 e. The summed E-state index contributed by atoms with van der Waals surface area (Å²) in [6.45, 7) is 2.14. The van der Waals surface area contributed by atoms with Crippen LogP contribution >= 0.6 is 0 Å². The van der Waals surface area contributed by atoms with Crippen LogP contribution in [0.5, 0.6) is 5.75 Å². The van der Waals surface area contributed by atoms with Crippen molar-refractivity contribution in [3.05, 3.63) is 106 Å². The number of aryl methyl sites for hydroxylation is 1. The Morgan fingerprint density at radius 1 is 1.00 bits per heavy atom. The van der Waals surface area contributed by atoms with Crippen LogP contribution in [0.4, 0.5) is 8.78 Å². The summed E-state index contributed by atoms with van der Waals surface area (Å²) in [4.78, 5) is 0. The average Bonchev–Trinajstić information content (AvgIpc) is 2.80. The van der Waals surface area contributed by atoms with Gasteiger partial charge in [0.2, 0.25) is 0 Å². The third-order valence-corrected chi connectivity index (χ3v) is 7.90. The minimum atomic E-state index is -1.73. The largest absolute Gasteiger partial charge is 0.508 e. The lowest BCUT2D eigenvalue weighted by Gasteiger charge is -2.54. The second kappa shape index (κ2) is 8.11. The highest BCUT2D eigenvalue weighted by molar-refractivity contribution is 5.59. The first-order chi connectivity index (χ1) is 15.9. The van der Waals surface area contributed by atoms with Crippen molar-refractivity contribution in [2.24, 2.45) is 5.92 Å². The van der Waals surface area contributed by atoms with Crippen LogP contribution in [0, 0.1) is 17.6 Å². The number of phenols is 1. The Bertz CT molecular complexity index is 1200. The van der Waals surface area contributed by atoms with Crippen molar-refractivity contribution in [2.75, 3.05) is 0 Å². The number of aliphatic hydroxyl groups is 1. The Morgan fingerprint density at radius 2 is 1.73 bits per heavy atom. The van der Waals surface area contributed by atoms with Crippen molar-refractivity contribution in [1.29, 1.82) is 0 Å². The molecule has 3 aromatic carbocycles. The maximum absolute atomic E-state index is 15.0. The number of phenolic OH excluding ortho intramolecular Hbond substituents is 1. The first kappa shape index (κ1) is 21.8. The molecule has 2 nitrogen and oxygen atoms in total. The standard InChI is InChI=1S/C29H28F2O2/c1-2-28-17-22(15-19-7-4-3-5-8-19)29(33,27-25(30)9-6-10-26(27)31)18-21(28)12-11-20-16-23(32)13-14-24(20)28/h3-10,13-16,21,32-33H,2,11-12,17-18H2,1H3/t21?,28-,29+/m1/s1. The molecule has 33 heavy (non-hydrogen) atoms. The summed E-state index contributed by atoms with van der Waals surface area (Å²) in [5, 5.41) is 22.1. The van der Waals surface area contributed by atoms with Gasteiger partial charge in [-0.05, 0) is 84.6 Å². The minimum Gasteiger partial charge on any atom is -0.508 e. The fourth-order valence-electron chi connectivity index (χ4n) is 6.29. The van der Waals surface area contributed by atoms with E-state index in [-0.39, 0.29) is 29.1 Å². The van der Waals surface area contributed by atoms with E-state index in [0.29, 0.717) is 12.0 Å². The van der Waals surface area contributed by atoms with Gasteiger partial charge < -0.3 is 10.2 Å². The van der Waals surface area contributed by atoms with Gasteiger partial charge in [0.1, 0.15) is 23.0 Å². The van der Waals surface area contributed by atoms with Gasteiger partial charge in [-0.1, -0.05) is 55.5 Å². The van der Waals surface area contributed by atoms with E-state index in [1.165, 1.54) is 23.8 Å². The van der Waals surface area contributed by atoms with Gasteiger partial charge in [0, 0.05) is 5.41 Å². The van der Waals surface area contributed by atoms with E-state index >= 15 is 8.78 Å². The highest BCUT2D eigenvalue weighted by Crippen LogP contribution is 2.59. The minimum absolute atomic E-state index is 0.0523. The van der Waals surface area contributed by atoms with Gasteiger partial charge in [0.25, 0.3) is 0 Å². The van der Waals surface area contributed by atoms with Crippen molar-refractivity contribution in [2.45, 2.75) is 50.0 Å². The van der Waals surface area contributed by atoms with E-state index < -0.39 is 17.2 Å². The van der Waals surface area contributed by atoms with Crippen LogP contribution in [0.2, 0.25) is 0 Å². The Hall–Kier alpha value is -2.98. The van der Waals surface area contributed by atoms with Gasteiger partial charge in [-0.2, -0.15) is 0 Å². The molecule has 0 aliphatic heterocycles. The lowest BCUT2D eigenvalue weighted by molar-refractivity contribution is -0.0135. The van der Waals surface area contributed by atoms with E-state index in [1.807, 2.05) is 48.5 Å². The summed E-state index contributed by atoms with van der Waals surface area (Å²) < 4.78 is 30.0. The van der Waals surface area contributed by atoms with Gasteiger partial charge in [-0.3, -0.25) is 0 Å². The van der Waals surface area contributed by atoms with Crippen LogP contribution in [0.3, 0.4) is 0 Å². The Labute approximate surface area is 193 Å². The van der Waals surface area contributed by atoms with Crippen LogP contribution in [-0.2, 0) is 17.4 Å². The Balaban J connectivity index is 1.72. The van der Waals surface area contributed by atoms with Gasteiger partial charge in [0.15, 0.2) is 0 Å². The van der Waals surface area contributed by atoms with Gasteiger partial charge >= 0.3 is 0 Å². The number of fused-ring (bicyclic) bond motifs is 3. The van der Waals surface area contributed by atoms with Gasteiger partial charge in [-0.15, -0.1) is 0 Å². The fourth-order valence-corrected chi connectivity index (χ4v) is 6.29. The van der Waals surface area contributed by atoms with E-state index in [4.69, 9.17) is 0 Å². The van der Waals surface area contributed by atoms with E-state index in [1.54, 1.807) is 6.07 Å². The predicted molar refractivity (Wildman–Crippen MR) is 126 cm³/mol. The zero-order valence-electron chi connectivity index (χ0n) is 18.7. The van der Waals surface area contributed by atoms with E-state index in [0.717, 1.165) is 30.4 Å². The number of halogens is 2. The third kappa shape index (κ3) is 3.48. The van der Waals surface area contributed by atoms with Gasteiger partial charge in [-0.25, -0.2) is 8.78 Å². The van der Waals surface area contributed by atoms with Crippen molar-refractivity contribution in [3.8, 4) is 5.75 Å². The summed E-state index contributed by atoms with van der Waals surface area (Å²) in [5.74, 6) is -1.14. The fraction of sp³-hybridized carbons (Fsp3) is 0.310. The first-order valence-corrected chi connectivity index (χ1v) is 11.6. The van der Waals surface area contributed by atoms with Crippen molar-refractivity contribution < 1.29 is 19.0 Å². The first-order valence-electron chi connectivity index (χ1n) is 11.6. The Morgan fingerprint density at radius 3 is 2.42 bits per heavy atom. The van der Waals surface area contributed by atoms with Crippen LogP contribution in [0.25, 0.3) is 6.08 Å². The van der Waals surface area contributed by atoms with E-state index in [2.05, 4.69) is 6.92 Å². The van der Waals surface area contributed by atoms with Crippen LogP contribution in [0.15, 0.2) is 72.3 Å². The lowest BCUT2D eigenvalue weighted by atomic mass is 9.51. The molecule has 0 heterocycles. The molecule has 0 radical (unpaired) electrons. The molecule has 2 aliphatic rings. The van der Waals surface area contributed by atoms with Crippen molar-refractivity contribution in [1.82, 2.24) is 0 Å². The second-order valence-corrected chi connectivity index (χ2v) is 9.50. The molecule has 4 heteroatoms. The Kier molecular flexibility index (Phi) is 5.37. The molecule has 170 valence electrons. The quantitative estimate of drug-likeness (QED) is 0.473. The normalized spacial score (nSPS) is 27.8. The zero-order valence-corrected chi connectivity index (χ0v) is 18.7. The second-order valence-electron chi connectivity index (χ2n) is 9.50. The molecule has 0 saturated heterocycles. The summed E-state index contributed by atoms with van der Waals surface area (Å²) in [5.41, 5.74) is 1.54. The number of hydrogen-bond acceptors (Lipinski definition) is 2. The number of benzene rings is 3. The highest BCUT2D eigenvalue weighted by Gasteiger charge is 2.54. The summed E-state index contributed by atoms with van der Waals surface area (Å²) >= 11 is 0. The lowest BCUT2D eigenvalue weighted by Crippen LogP contribution is -2.50. The molecular weight excluding hydrogens is 418 g/mol. The molecule has 2 N–H and O–H groups in total. The molecule has 3 aromatic rings.